The maximum Gasteiger partial charge on any atom is 0.287 e. The third-order valence-corrected chi connectivity index (χ3v) is 4.01. The highest BCUT2D eigenvalue weighted by atomic mass is 16.3. The van der Waals surface area contributed by atoms with Crippen LogP contribution in [-0.2, 0) is 4.79 Å². The molecule has 0 unspecified atom stereocenters. The predicted molar refractivity (Wildman–Crippen MR) is 82.8 cm³/mol. The molecule has 1 N–H and O–H groups in total. The van der Waals surface area contributed by atoms with Gasteiger partial charge in [0.05, 0.1) is 12.3 Å². The second-order valence-electron chi connectivity index (χ2n) is 5.62. The van der Waals surface area contributed by atoms with Gasteiger partial charge in [-0.05, 0) is 49.2 Å². The lowest BCUT2D eigenvalue weighted by Gasteiger charge is -2.18. The third-order valence-electron chi connectivity index (χ3n) is 4.01. The van der Waals surface area contributed by atoms with Crippen LogP contribution in [0.3, 0.4) is 0 Å². The smallest absolute Gasteiger partial charge is 0.287 e. The molecule has 1 fully saturated rings. The summed E-state index contributed by atoms with van der Waals surface area (Å²) in [6, 6.07) is 9.02. The van der Waals surface area contributed by atoms with Gasteiger partial charge in [0.1, 0.15) is 0 Å². The van der Waals surface area contributed by atoms with E-state index in [0.29, 0.717) is 13.0 Å². The molecule has 3 rings (SSSR count). The predicted octanol–water partition coefficient (Wildman–Crippen LogP) is 2.43. The molecule has 5 nitrogen and oxygen atoms in total. The van der Waals surface area contributed by atoms with Crippen LogP contribution in [-0.4, -0.2) is 24.4 Å². The van der Waals surface area contributed by atoms with Crippen molar-refractivity contribution < 1.29 is 14.0 Å². The fourth-order valence-electron chi connectivity index (χ4n) is 2.61. The van der Waals surface area contributed by atoms with E-state index in [-0.39, 0.29) is 23.6 Å². The highest BCUT2D eigenvalue weighted by Crippen LogP contribution is 2.24. The number of hydrogen-bond donors (Lipinski definition) is 1. The van der Waals surface area contributed by atoms with Gasteiger partial charge in [0.15, 0.2) is 5.76 Å². The fraction of sp³-hybridized carbons (Fsp3) is 0.294. The maximum absolute atomic E-state index is 12.2. The van der Waals surface area contributed by atoms with Crippen molar-refractivity contribution >= 4 is 17.5 Å². The van der Waals surface area contributed by atoms with E-state index >= 15 is 0 Å². The van der Waals surface area contributed by atoms with Crippen LogP contribution in [0.4, 0.5) is 5.69 Å². The molecule has 2 amide bonds. The zero-order chi connectivity index (χ0) is 15.7. The Balaban J connectivity index is 1.70. The van der Waals surface area contributed by atoms with Crippen LogP contribution in [0.2, 0.25) is 0 Å². The summed E-state index contributed by atoms with van der Waals surface area (Å²) >= 11 is 0. The van der Waals surface area contributed by atoms with Crippen molar-refractivity contribution in [3.05, 3.63) is 53.5 Å². The molecule has 0 bridgehead atoms. The summed E-state index contributed by atoms with van der Waals surface area (Å²) in [6.07, 6.45) is 1.76. The molecule has 1 aliphatic rings. The van der Waals surface area contributed by atoms with Gasteiger partial charge in [-0.1, -0.05) is 6.07 Å². The van der Waals surface area contributed by atoms with E-state index < -0.39 is 0 Å². The molecule has 1 aliphatic heterocycles. The van der Waals surface area contributed by atoms with Crippen LogP contribution in [0.15, 0.2) is 41.0 Å². The van der Waals surface area contributed by atoms with E-state index in [2.05, 4.69) is 5.32 Å². The van der Waals surface area contributed by atoms with Gasteiger partial charge in [-0.2, -0.15) is 0 Å². The van der Waals surface area contributed by atoms with E-state index in [1.807, 2.05) is 32.0 Å². The first-order valence-electron chi connectivity index (χ1n) is 7.26. The highest BCUT2D eigenvalue weighted by molar-refractivity contribution is 5.98. The lowest BCUT2D eigenvalue weighted by molar-refractivity contribution is -0.117. The topological polar surface area (TPSA) is 62.6 Å². The summed E-state index contributed by atoms with van der Waals surface area (Å²) in [4.78, 5) is 25.9. The standard InChI is InChI=1S/C17H18N2O3/c1-11-5-6-14(8-12(11)2)19-10-13(9-16(19)20)18-17(21)15-4-3-7-22-15/h3-8,13H,9-10H2,1-2H3,(H,18,21)/t13-/m0/s1. The normalized spacial score (nSPS) is 17.8. The first-order chi connectivity index (χ1) is 10.5. The second-order valence-corrected chi connectivity index (χ2v) is 5.62. The van der Waals surface area contributed by atoms with Crippen LogP contribution in [0, 0.1) is 13.8 Å². The number of furan rings is 1. The van der Waals surface area contributed by atoms with Crippen molar-refractivity contribution in [3.8, 4) is 0 Å². The monoisotopic (exact) mass is 298 g/mol. The van der Waals surface area contributed by atoms with Crippen molar-refractivity contribution in [3.63, 3.8) is 0 Å². The van der Waals surface area contributed by atoms with Crippen LogP contribution < -0.4 is 10.2 Å². The van der Waals surface area contributed by atoms with Crippen LogP contribution in [0.25, 0.3) is 0 Å². The Labute approximate surface area is 128 Å². The lowest BCUT2D eigenvalue weighted by atomic mass is 10.1. The largest absolute Gasteiger partial charge is 0.459 e. The number of benzene rings is 1. The molecule has 1 atom stereocenters. The van der Waals surface area contributed by atoms with Gasteiger partial charge in [0.2, 0.25) is 5.91 Å². The number of amides is 2. The zero-order valence-electron chi connectivity index (χ0n) is 12.6. The van der Waals surface area contributed by atoms with Gasteiger partial charge in [0, 0.05) is 18.7 Å². The summed E-state index contributed by atoms with van der Waals surface area (Å²) in [5.74, 6) is -0.00480. The van der Waals surface area contributed by atoms with E-state index in [4.69, 9.17) is 4.42 Å². The van der Waals surface area contributed by atoms with E-state index in [0.717, 1.165) is 11.3 Å². The molecule has 0 saturated carbocycles. The minimum Gasteiger partial charge on any atom is -0.459 e. The molecule has 0 spiro atoms. The summed E-state index contributed by atoms with van der Waals surface area (Å²) in [5.41, 5.74) is 3.22. The fourth-order valence-corrected chi connectivity index (χ4v) is 2.61. The van der Waals surface area contributed by atoms with Gasteiger partial charge >= 0.3 is 0 Å². The quantitative estimate of drug-likeness (QED) is 0.946. The molecule has 114 valence electrons. The average molecular weight is 298 g/mol. The first kappa shape index (κ1) is 14.4. The molecule has 0 aliphatic carbocycles. The van der Waals surface area contributed by atoms with Crippen LogP contribution >= 0.6 is 0 Å². The van der Waals surface area contributed by atoms with Crippen molar-refractivity contribution in [2.75, 3.05) is 11.4 Å². The average Bonchev–Trinajstić information content (AvgIpc) is 3.12. The SMILES string of the molecule is Cc1ccc(N2C[C@@H](NC(=O)c3ccco3)CC2=O)cc1C. The molecule has 1 aromatic heterocycles. The Morgan fingerprint density at radius 2 is 2.09 bits per heavy atom. The number of nitrogens with one attached hydrogen (secondary N) is 1. The summed E-state index contributed by atoms with van der Waals surface area (Å²) in [6.45, 7) is 4.54. The molecular formula is C17H18N2O3. The number of carbonyl (C=O) groups excluding carboxylic acids is 2. The Kier molecular flexibility index (Phi) is 3.71. The third kappa shape index (κ3) is 2.74. The van der Waals surface area contributed by atoms with Gasteiger partial charge in [-0.25, -0.2) is 0 Å². The molecule has 2 aromatic rings. The second kappa shape index (κ2) is 5.67. The zero-order valence-corrected chi connectivity index (χ0v) is 12.6. The molecule has 2 heterocycles. The summed E-state index contributed by atoms with van der Waals surface area (Å²) in [7, 11) is 0. The minimum absolute atomic E-state index is 0.0213. The molecule has 0 radical (unpaired) electrons. The first-order valence-corrected chi connectivity index (χ1v) is 7.26. The molecule has 5 heteroatoms. The summed E-state index contributed by atoms with van der Waals surface area (Å²) in [5, 5.41) is 2.84. The summed E-state index contributed by atoms with van der Waals surface area (Å²) < 4.78 is 5.06. The van der Waals surface area contributed by atoms with E-state index in [1.54, 1.807) is 17.0 Å². The maximum atomic E-state index is 12.2. The Morgan fingerprint density at radius 1 is 1.27 bits per heavy atom. The number of anilines is 1. The van der Waals surface area contributed by atoms with Gasteiger partial charge < -0.3 is 14.6 Å². The van der Waals surface area contributed by atoms with Gasteiger partial charge in [-0.15, -0.1) is 0 Å². The Hall–Kier alpha value is -2.56. The Morgan fingerprint density at radius 3 is 2.77 bits per heavy atom. The number of carbonyl (C=O) groups is 2. The number of rotatable bonds is 3. The number of aryl methyl sites for hydroxylation is 2. The highest BCUT2D eigenvalue weighted by Gasteiger charge is 2.32. The molecule has 22 heavy (non-hydrogen) atoms. The molecule has 1 aromatic carbocycles. The minimum atomic E-state index is -0.287. The molecular weight excluding hydrogens is 280 g/mol. The van der Waals surface area contributed by atoms with E-state index in [1.165, 1.54) is 11.8 Å². The molecule has 1 saturated heterocycles. The Bertz CT molecular complexity index is 707. The van der Waals surface area contributed by atoms with Crippen molar-refractivity contribution in [1.82, 2.24) is 5.32 Å². The van der Waals surface area contributed by atoms with Crippen molar-refractivity contribution in [2.45, 2.75) is 26.3 Å². The number of nitrogens with zero attached hydrogens (tertiary/aromatic N) is 1. The van der Waals surface area contributed by atoms with Crippen LogP contribution in [0.1, 0.15) is 28.1 Å². The van der Waals surface area contributed by atoms with E-state index in [9.17, 15) is 9.59 Å². The van der Waals surface area contributed by atoms with Gasteiger partial charge in [0.25, 0.3) is 5.91 Å². The number of hydrogen-bond acceptors (Lipinski definition) is 3. The lowest BCUT2D eigenvalue weighted by Crippen LogP contribution is -2.37. The van der Waals surface area contributed by atoms with Crippen LogP contribution in [0.5, 0.6) is 0 Å². The van der Waals surface area contributed by atoms with Crippen molar-refractivity contribution in [1.29, 1.82) is 0 Å². The van der Waals surface area contributed by atoms with Crippen molar-refractivity contribution in [2.24, 2.45) is 0 Å². The van der Waals surface area contributed by atoms with Gasteiger partial charge in [-0.3, -0.25) is 9.59 Å².